The van der Waals surface area contributed by atoms with Crippen molar-refractivity contribution in [1.29, 1.82) is 0 Å². The van der Waals surface area contributed by atoms with Gasteiger partial charge in [-0.1, -0.05) is 15.9 Å². The van der Waals surface area contributed by atoms with Crippen molar-refractivity contribution in [2.45, 2.75) is 6.42 Å². The molecule has 1 aromatic heterocycles. The second-order valence-electron chi connectivity index (χ2n) is 2.85. The molecule has 0 aliphatic carbocycles. The van der Waals surface area contributed by atoms with E-state index >= 15 is 0 Å². The fourth-order valence-electron chi connectivity index (χ4n) is 1.36. The normalized spacial score (nSPS) is 10.9. The molecular weight excluding hydrogens is 248 g/mol. The number of benzene rings is 1. The van der Waals surface area contributed by atoms with E-state index in [1.54, 1.807) is 0 Å². The molecule has 0 spiro atoms. The van der Waals surface area contributed by atoms with Gasteiger partial charge in [0.1, 0.15) is 0 Å². The Morgan fingerprint density at radius 1 is 1.46 bits per heavy atom. The molecule has 2 nitrogen and oxygen atoms in total. The zero-order chi connectivity index (χ0) is 9.26. The standard InChI is InChI=1S/C9H9BrN2S/c10-8-3-6(1-2-11)9-7(4-8)5-12-13-9/h3-5H,1-2,11H2. The van der Waals surface area contributed by atoms with Crippen LogP contribution in [0.5, 0.6) is 0 Å². The summed E-state index contributed by atoms with van der Waals surface area (Å²) in [5.74, 6) is 0. The average Bonchev–Trinajstić information content (AvgIpc) is 2.52. The second-order valence-corrected chi connectivity index (χ2v) is 4.57. The van der Waals surface area contributed by atoms with Crippen LogP contribution in [0.3, 0.4) is 0 Å². The Kier molecular flexibility index (Phi) is 2.62. The number of hydrogen-bond donors (Lipinski definition) is 1. The van der Waals surface area contributed by atoms with E-state index in [9.17, 15) is 0 Å². The van der Waals surface area contributed by atoms with Crippen molar-refractivity contribution in [1.82, 2.24) is 4.37 Å². The van der Waals surface area contributed by atoms with Gasteiger partial charge in [-0.2, -0.15) is 4.37 Å². The third-order valence-electron chi connectivity index (χ3n) is 1.91. The van der Waals surface area contributed by atoms with Gasteiger partial charge in [0.15, 0.2) is 0 Å². The lowest BCUT2D eigenvalue weighted by atomic mass is 10.1. The van der Waals surface area contributed by atoms with Gasteiger partial charge in [-0.3, -0.25) is 0 Å². The number of fused-ring (bicyclic) bond motifs is 1. The average molecular weight is 257 g/mol. The topological polar surface area (TPSA) is 38.9 Å². The van der Waals surface area contributed by atoms with Gasteiger partial charge >= 0.3 is 0 Å². The molecule has 0 fully saturated rings. The summed E-state index contributed by atoms with van der Waals surface area (Å²) in [6, 6.07) is 4.20. The van der Waals surface area contributed by atoms with Gasteiger partial charge < -0.3 is 5.73 Å². The molecule has 68 valence electrons. The first kappa shape index (κ1) is 9.12. The maximum absolute atomic E-state index is 5.54. The minimum Gasteiger partial charge on any atom is -0.330 e. The van der Waals surface area contributed by atoms with Crippen molar-refractivity contribution in [3.8, 4) is 0 Å². The minimum atomic E-state index is 0.684. The van der Waals surface area contributed by atoms with Crippen LogP contribution in [0.1, 0.15) is 5.56 Å². The molecule has 0 unspecified atom stereocenters. The molecule has 0 bridgehead atoms. The third kappa shape index (κ3) is 1.75. The van der Waals surface area contributed by atoms with Crippen molar-refractivity contribution in [3.05, 3.63) is 28.4 Å². The van der Waals surface area contributed by atoms with Crippen LogP contribution < -0.4 is 5.73 Å². The zero-order valence-corrected chi connectivity index (χ0v) is 9.36. The van der Waals surface area contributed by atoms with Gasteiger partial charge in [0.25, 0.3) is 0 Å². The van der Waals surface area contributed by atoms with Crippen LogP contribution in [0, 0.1) is 0 Å². The van der Waals surface area contributed by atoms with Crippen molar-refractivity contribution in [3.63, 3.8) is 0 Å². The molecule has 2 aromatic rings. The van der Waals surface area contributed by atoms with Gasteiger partial charge in [-0.15, -0.1) is 0 Å². The van der Waals surface area contributed by atoms with Crippen LogP contribution in [0.25, 0.3) is 10.1 Å². The molecule has 0 atom stereocenters. The summed E-state index contributed by atoms with van der Waals surface area (Å²) >= 11 is 5.01. The summed E-state index contributed by atoms with van der Waals surface area (Å²) in [6.07, 6.45) is 2.81. The van der Waals surface area contributed by atoms with Crippen LogP contribution >= 0.6 is 27.5 Å². The van der Waals surface area contributed by atoms with E-state index in [4.69, 9.17) is 5.73 Å². The van der Waals surface area contributed by atoms with Gasteiger partial charge in [-0.05, 0) is 42.2 Å². The molecule has 4 heteroatoms. The van der Waals surface area contributed by atoms with E-state index in [-0.39, 0.29) is 0 Å². The van der Waals surface area contributed by atoms with E-state index in [2.05, 4.69) is 32.4 Å². The Morgan fingerprint density at radius 3 is 3.08 bits per heavy atom. The molecule has 2 rings (SSSR count). The van der Waals surface area contributed by atoms with Crippen LogP contribution in [-0.4, -0.2) is 10.9 Å². The summed E-state index contributed by atoms with van der Waals surface area (Å²) in [7, 11) is 0. The predicted octanol–water partition coefficient (Wildman–Crippen LogP) is 2.56. The summed E-state index contributed by atoms with van der Waals surface area (Å²) < 4.78 is 6.52. The highest BCUT2D eigenvalue weighted by atomic mass is 79.9. The van der Waals surface area contributed by atoms with E-state index in [0.29, 0.717) is 6.54 Å². The Morgan fingerprint density at radius 2 is 2.31 bits per heavy atom. The number of aromatic nitrogens is 1. The fourth-order valence-corrected chi connectivity index (χ4v) is 2.65. The van der Waals surface area contributed by atoms with E-state index < -0.39 is 0 Å². The van der Waals surface area contributed by atoms with E-state index in [1.165, 1.54) is 27.2 Å². The van der Waals surface area contributed by atoms with Gasteiger partial charge in [0.05, 0.1) is 4.70 Å². The van der Waals surface area contributed by atoms with Crippen LogP contribution in [0.2, 0.25) is 0 Å². The van der Waals surface area contributed by atoms with Crippen molar-refractivity contribution >= 4 is 37.5 Å². The van der Waals surface area contributed by atoms with Crippen molar-refractivity contribution in [2.24, 2.45) is 5.73 Å². The Balaban J connectivity index is 2.63. The first-order valence-corrected chi connectivity index (χ1v) is 5.61. The SMILES string of the molecule is NCCc1cc(Br)cc2cnsc12. The molecule has 1 heterocycles. The first-order chi connectivity index (χ1) is 6.31. The fraction of sp³-hybridized carbons (Fsp3) is 0.222. The van der Waals surface area contributed by atoms with Crippen molar-refractivity contribution < 1.29 is 0 Å². The highest BCUT2D eigenvalue weighted by molar-refractivity contribution is 9.10. The number of nitrogens with two attached hydrogens (primary N) is 1. The summed E-state index contributed by atoms with van der Waals surface area (Å²) in [4.78, 5) is 0. The lowest BCUT2D eigenvalue weighted by molar-refractivity contribution is 0.978. The summed E-state index contributed by atoms with van der Waals surface area (Å²) in [6.45, 7) is 0.684. The van der Waals surface area contributed by atoms with Gasteiger partial charge in [-0.25, -0.2) is 0 Å². The third-order valence-corrected chi connectivity index (χ3v) is 3.26. The zero-order valence-electron chi connectivity index (χ0n) is 6.96. The number of nitrogens with zero attached hydrogens (tertiary/aromatic N) is 1. The summed E-state index contributed by atoms with van der Waals surface area (Å²) in [5, 5.41) is 1.20. The van der Waals surface area contributed by atoms with Gasteiger partial charge in [0, 0.05) is 16.1 Å². The summed E-state index contributed by atoms with van der Waals surface area (Å²) in [5.41, 5.74) is 6.83. The Hall–Kier alpha value is -0.450. The molecule has 0 aliphatic rings. The lowest BCUT2D eigenvalue weighted by Gasteiger charge is -2.00. The monoisotopic (exact) mass is 256 g/mol. The highest BCUT2D eigenvalue weighted by Crippen LogP contribution is 2.27. The minimum absolute atomic E-state index is 0.684. The predicted molar refractivity (Wildman–Crippen MR) is 60.1 cm³/mol. The molecule has 0 amide bonds. The molecule has 0 aliphatic heterocycles. The molecule has 2 N–H and O–H groups in total. The maximum Gasteiger partial charge on any atom is 0.0583 e. The Bertz CT molecular complexity index is 424. The molecular formula is C9H9BrN2S. The van der Waals surface area contributed by atoms with E-state index in [0.717, 1.165) is 10.9 Å². The van der Waals surface area contributed by atoms with Crippen LogP contribution in [-0.2, 0) is 6.42 Å². The molecule has 0 saturated carbocycles. The quantitative estimate of drug-likeness (QED) is 0.897. The first-order valence-electron chi connectivity index (χ1n) is 4.04. The molecule has 1 aromatic carbocycles. The number of halogens is 1. The highest BCUT2D eigenvalue weighted by Gasteiger charge is 2.04. The lowest BCUT2D eigenvalue weighted by Crippen LogP contribution is -2.02. The second kappa shape index (κ2) is 3.74. The largest absolute Gasteiger partial charge is 0.330 e. The van der Waals surface area contributed by atoms with Crippen LogP contribution in [0.4, 0.5) is 0 Å². The van der Waals surface area contributed by atoms with Crippen molar-refractivity contribution in [2.75, 3.05) is 6.54 Å². The number of hydrogen-bond acceptors (Lipinski definition) is 3. The maximum atomic E-state index is 5.54. The van der Waals surface area contributed by atoms with Crippen LogP contribution in [0.15, 0.2) is 22.8 Å². The molecule has 13 heavy (non-hydrogen) atoms. The smallest absolute Gasteiger partial charge is 0.0583 e. The van der Waals surface area contributed by atoms with Gasteiger partial charge in [0.2, 0.25) is 0 Å². The Labute approximate surface area is 89.1 Å². The molecule has 0 saturated heterocycles. The molecule has 0 radical (unpaired) electrons. The number of rotatable bonds is 2. The van der Waals surface area contributed by atoms with E-state index in [1.807, 2.05) is 6.20 Å².